The Hall–Kier alpha value is 1.62. The zero-order chi connectivity index (χ0) is 6.69. The van der Waals surface area contributed by atoms with Crippen LogP contribution in [0.2, 0.25) is 0 Å². The molecule has 3 nitrogen and oxygen atoms in total. The third kappa shape index (κ3) is 7.06. The van der Waals surface area contributed by atoms with Crippen LogP contribution in [-0.4, -0.2) is 93.6 Å². The van der Waals surface area contributed by atoms with Crippen molar-refractivity contribution in [1.29, 1.82) is 0 Å². The van der Waals surface area contributed by atoms with Gasteiger partial charge in [0, 0.05) is 101 Å². The summed E-state index contributed by atoms with van der Waals surface area (Å²) in [6, 6.07) is 7.93. The third-order valence-corrected chi connectivity index (χ3v) is 0.967. The van der Waals surface area contributed by atoms with Gasteiger partial charge in [0.2, 0.25) is 0 Å². The predicted octanol–water partition coefficient (Wildman–Crippen LogP) is 0.452. The normalized spacial score (nSPS) is 6.67. The summed E-state index contributed by atoms with van der Waals surface area (Å²) in [5.74, 6) is 0. The summed E-state index contributed by atoms with van der Waals surface area (Å²) in [7, 11) is 0. The van der Waals surface area contributed by atoms with Crippen LogP contribution in [-0.2, 0) is 0 Å². The van der Waals surface area contributed by atoms with Crippen LogP contribution >= 0.6 is 0 Å². The Labute approximate surface area is 137 Å². The molecule has 0 aromatic heterocycles. The standard InChI is InChI=1S/C6H5NO2.3Na/c8-7(9)6-4-2-1-3-5-6;;;/h1-5H;;;. The number of nitro benzene ring substituents is 1. The maximum atomic E-state index is 10.0. The van der Waals surface area contributed by atoms with Gasteiger partial charge in [-0.25, -0.2) is 0 Å². The van der Waals surface area contributed by atoms with Gasteiger partial charge in [0.25, 0.3) is 5.69 Å². The van der Waals surface area contributed by atoms with Crippen LogP contribution in [0, 0.1) is 10.1 Å². The molecule has 0 aliphatic rings. The second-order valence-corrected chi connectivity index (χ2v) is 1.59. The van der Waals surface area contributed by atoms with Gasteiger partial charge in [0.05, 0.1) is 4.92 Å². The van der Waals surface area contributed by atoms with E-state index in [4.69, 9.17) is 0 Å². The van der Waals surface area contributed by atoms with Crippen LogP contribution < -0.4 is 0 Å². The van der Waals surface area contributed by atoms with Gasteiger partial charge in [-0.05, 0) is 0 Å². The van der Waals surface area contributed by atoms with E-state index in [1.54, 1.807) is 18.2 Å². The molecule has 1 rings (SSSR count). The van der Waals surface area contributed by atoms with Crippen LogP contribution in [0.1, 0.15) is 0 Å². The van der Waals surface area contributed by atoms with Gasteiger partial charge >= 0.3 is 0 Å². The van der Waals surface area contributed by atoms with Crippen molar-refractivity contribution in [3.63, 3.8) is 0 Å². The van der Waals surface area contributed by atoms with Crippen molar-refractivity contribution >= 4 is 94.4 Å². The average Bonchev–Trinajstić information content (AvgIpc) is 1.90. The largest absolute Gasteiger partial charge is 0.269 e. The van der Waals surface area contributed by atoms with Crippen molar-refractivity contribution in [2.24, 2.45) is 0 Å². The summed E-state index contributed by atoms with van der Waals surface area (Å²) in [6.07, 6.45) is 0. The first-order valence-corrected chi connectivity index (χ1v) is 2.50. The maximum Gasteiger partial charge on any atom is 0.269 e. The van der Waals surface area contributed by atoms with Crippen molar-refractivity contribution in [3.8, 4) is 0 Å². The fourth-order valence-corrected chi connectivity index (χ4v) is 0.550. The van der Waals surface area contributed by atoms with Gasteiger partial charge in [-0.3, -0.25) is 10.1 Å². The predicted molar refractivity (Wildman–Crippen MR) is 50.4 cm³/mol. The molecule has 0 atom stereocenters. The Balaban J connectivity index is -0.000000270. The van der Waals surface area contributed by atoms with E-state index in [1.165, 1.54) is 12.1 Å². The second-order valence-electron chi connectivity index (χ2n) is 1.59. The molecular weight excluding hydrogens is 187 g/mol. The Bertz CT molecular complexity index is 217. The fraction of sp³-hybridized carbons (Fsp3) is 0. The minimum Gasteiger partial charge on any atom is -0.258 e. The van der Waals surface area contributed by atoms with E-state index in [1.807, 2.05) is 0 Å². The van der Waals surface area contributed by atoms with Crippen LogP contribution in [0.4, 0.5) is 5.69 Å². The van der Waals surface area contributed by atoms with E-state index in [0.29, 0.717) is 0 Å². The number of non-ortho nitro benzene ring substituents is 1. The van der Waals surface area contributed by atoms with E-state index in [9.17, 15) is 10.1 Å². The first-order valence-electron chi connectivity index (χ1n) is 2.50. The molecule has 0 saturated carbocycles. The van der Waals surface area contributed by atoms with Gasteiger partial charge < -0.3 is 0 Å². The molecule has 6 heteroatoms. The summed E-state index contributed by atoms with van der Waals surface area (Å²) >= 11 is 0. The Kier molecular flexibility index (Phi) is 17.1. The number of nitrogens with zero attached hydrogens (tertiary/aromatic N) is 1. The summed E-state index contributed by atoms with van der Waals surface area (Å²) < 4.78 is 0. The van der Waals surface area contributed by atoms with Gasteiger partial charge in [-0.15, -0.1) is 0 Å². The van der Waals surface area contributed by atoms with Gasteiger partial charge in [-0.1, -0.05) is 18.2 Å². The smallest absolute Gasteiger partial charge is 0.258 e. The van der Waals surface area contributed by atoms with Crippen molar-refractivity contribution in [3.05, 3.63) is 40.4 Å². The van der Waals surface area contributed by atoms with E-state index < -0.39 is 4.92 Å². The van der Waals surface area contributed by atoms with Crippen LogP contribution in [0.15, 0.2) is 30.3 Å². The number of hydrogen-bond acceptors (Lipinski definition) is 2. The molecule has 49 valence electrons. The van der Waals surface area contributed by atoms with Crippen LogP contribution in [0.25, 0.3) is 0 Å². The molecule has 0 bridgehead atoms. The van der Waals surface area contributed by atoms with Crippen molar-refractivity contribution in [2.75, 3.05) is 0 Å². The van der Waals surface area contributed by atoms with Crippen LogP contribution in [0.3, 0.4) is 0 Å². The SMILES string of the molecule is O=[N+]([O-])c1ccccc1.[Na].[Na].[Na]. The summed E-state index contributed by atoms with van der Waals surface area (Å²) in [4.78, 5) is 9.59. The number of hydrogen-bond donors (Lipinski definition) is 0. The minimum absolute atomic E-state index is 0. The van der Waals surface area contributed by atoms with Crippen molar-refractivity contribution in [2.45, 2.75) is 0 Å². The maximum absolute atomic E-state index is 10.0. The van der Waals surface area contributed by atoms with Crippen molar-refractivity contribution < 1.29 is 4.92 Å². The topological polar surface area (TPSA) is 43.1 Å². The van der Waals surface area contributed by atoms with Gasteiger partial charge in [0.15, 0.2) is 0 Å². The second kappa shape index (κ2) is 10.7. The minimum atomic E-state index is -0.417. The van der Waals surface area contributed by atoms with E-state index in [-0.39, 0.29) is 94.4 Å². The molecule has 0 aliphatic heterocycles. The molecule has 12 heavy (non-hydrogen) atoms. The van der Waals surface area contributed by atoms with E-state index in [0.717, 1.165) is 0 Å². The quantitative estimate of drug-likeness (QED) is 0.368. The molecule has 0 aliphatic carbocycles. The molecule has 0 saturated heterocycles. The number of para-hydroxylation sites is 1. The zero-order valence-corrected chi connectivity index (χ0v) is 13.7. The number of benzene rings is 1. The summed E-state index contributed by atoms with van der Waals surface area (Å²) in [5.41, 5.74) is 0.137. The molecule has 1 aromatic rings. The zero-order valence-electron chi connectivity index (χ0n) is 7.65. The first kappa shape index (κ1) is 19.2. The molecule has 0 N–H and O–H groups in total. The van der Waals surface area contributed by atoms with Crippen LogP contribution in [0.5, 0.6) is 0 Å². The molecule has 0 heterocycles. The number of nitro groups is 1. The first-order chi connectivity index (χ1) is 4.30. The van der Waals surface area contributed by atoms with Gasteiger partial charge in [0.1, 0.15) is 0 Å². The third-order valence-electron chi connectivity index (χ3n) is 0.967. The monoisotopic (exact) mass is 192 g/mol. The van der Waals surface area contributed by atoms with E-state index >= 15 is 0 Å². The molecule has 3 radical (unpaired) electrons. The average molecular weight is 192 g/mol. The fourth-order valence-electron chi connectivity index (χ4n) is 0.550. The molecule has 0 spiro atoms. The Morgan fingerprint density at radius 3 is 1.67 bits per heavy atom. The Morgan fingerprint density at radius 2 is 1.42 bits per heavy atom. The molecule has 0 fully saturated rings. The molecule has 0 amide bonds. The summed E-state index contributed by atoms with van der Waals surface area (Å²) in [5, 5.41) is 10.0. The van der Waals surface area contributed by atoms with Gasteiger partial charge in [-0.2, -0.15) is 0 Å². The number of rotatable bonds is 1. The molecule has 0 unspecified atom stereocenters. The molecular formula is C6H5NNa3O2. The van der Waals surface area contributed by atoms with Crippen molar-refractivity contribution in [1.82, 2.24) is 0 Å². The van der Waals surface area contributed by atoms with E-state index in [2.05, 4.69) is 0 Å². The summed E-state index contributed by atoms with van der Waals surface area (Å²) in [6.45, 7) is 0. The Morgan fingerprint density at radius 1 is 1.00 bits per heavy atom. The molecule has 1 aromatic carbocycles.